The van der Waals surface area contributed by atoms with Crippen LogP contribution < -0.4 is 4.90 Å². The number of benzene rings is 1. The van der Waals surface area contributed by atoms with E-state index in [9.17, 15) is 9.28 Å². The minimum Gasteiger partial charge on any atom is -0.334 e. The third-order valence-corrected chi connectivity index (χ3v) is 7.39. The SMILES string of the molecule is Cc1nc(C(=O)N2CCCC[C@H]2CC2=C(Cl)[N+]3CN(F)C=CC3=N2)c(-c2ccccc2)s1. The van der Waals surface area contributed by atoms with Crippen LogP contribution in [-0.2, 0) is 0 Å². The number of amidine groups is 1. The predicted octanol–water partition coefficient (Wildman–Crippen LogP) is 5.13. The lowest BCUT2D eigenvalue weighted by molar-refractivity contribution is 0.0608. The predicted molar refractivity (Wildman–Crippen MR) is 125 cm³/mol. The fraction of sp³-hybridized carbons (Fsp3) is 0.348. The molecule has 32 heavy (non-hydrogen) atoms. The number of piperidine rings is 1. The van der Waals surface area contributed by atoms with Gasteiger partial charge in [0.2, 0.25) is 6.67 Å². The average molecular weight is 472 g/mol. The number of thiazole rings is 1. The van der Waals surface area contributed by atoms with Crippen molar-refractivity contribution in [3.8, 4) is 10.4 Å². The maximum atomic E-state index is 13.7. The smallest absolute Gasteiger partial charge is 0.286 e. The van der Waals surface area contributed by atoms with E-state index in [1.54, 1.807) is 22.3 Å². The van der Waals surface area contributed by atoms with E-state index in [1.807, 2.05) is 42.2 Å². The van der Waals surface area contributed by atoms with Gasteiger partial charge >= 0.3 is 0 Å². The van der Waals surface area contributed by atoms with Gasteiger partial charge in [0.15, 0.2) is 0 Å². The van der Waals surface area contributed by atoms with Crippen molar-refractivity contribution in [2.24, 2.45) is 4.99 Å². The maximum Gasteiger partial charge on any atom is 0.286 e. The fourth-order valence-electron chi connectivity index (χ4n) is 4.42. The zero-order chi connectivity index (χ0) is 22.2. The molecule has 0 bridgehead atoms. The van der Waals surface area contributed by atoms with E-state index in [4.69, 9.17) is 11.6 Å². The van der Waals surface area contributed by atoms with E-state index >= 15 is 0 Å². The number of hydrogen-bond acceptors (Lipinski definition) is 6. The first-order chi connectivity index (χ1) is 15.5. The molecule has 1 aromatic heterocycles. The Balaban J connectivity index is 1.41. The van der Waals surface area contributed by atoms with Crippen LogP contribution >= 0.6 is 22.9 Å². The quantitative estimate of drug-likeness (QED) is 0.352. The molecular weight excluding hydrogens is 449 g/mol. The molecule has 0 unspecified atom stereocenters. The second-order valence-corrected chi connectivity index (χ2v) is 9.68. The van der Waals surface area contributed by atoms with Crippen LogP contribution in [0.2, 0.25) is 0 Å². The highest BCUT2D eigenvalue weighted by Gasteiger charge is 2.41. The van der Waals surface area contributed by atoms with Gasteiger partial charge in [0, 0.05) is 31.3 Å². The van der Waals surface area contributed by atoms with Crippen molar-refractivity contribution < 1.29 is 9.28 Å². The molecule has 3 aliphatic rings. The Morgan fingerprint density at radius 3 is 2.94 bits per heavy atom. The number of fused-ring (bicyclic) bond motifs is 1. The number of carbonyl (C=O) groups is 1. The van der Waals surface area contributed by atoms with Crippen LogP contribution in [0.1, 0.15) is 41.2 Å². The zero-order valence-electron chi connectivity index (χ0n) is 17.7. The summed E-state index contributed by atoms with van der Waals surface area (Å²) < 4.78 is 13.6. The standard InChI is InChI=1S/C23H23ClFN5OS/c1-15-26-20(21(32-15)16-7-3-2-4-8-16)23(31)29-11-6-5-9-17(29)13-18-22(24)30-14-28(25)12-10-19(30)27-18/h2-4,7-8,10,12,17H,5-6,9,11,13-14H2,1H3/q+1/t17-/m0/s1. The molecular formula is C23H23ClFN5OS+. The molecule has 2 aromatic rings. The van der Waals surface area contributed by atoms with Gasteiger partial charge in [-0.2, -0.15) is 10.1 Å². The van der Waals surface area contributed by atoms with Gasteiger partial charge < -0.3 is 4.90 Å². The summed E-state index contributed by atoms with van der Waals surface area (Å²) in [5, 5.41) is 1.86. The van der Waals surface area contributed by atoms with Crippen molar-refractivity contribution in [1.82, 2.24) is 19.9 Å². The molecule has 0 spiro atoms. The van der Waals surface area contributed by atoms with Crippen molar-refractivity contribution in [3.05, 3.63) is 64.2 Å². The number of rotatable bonds is 4. The maximum absolute atomic E-state index is 13.7. The lowest BCUT2D eigenvalue weighted by atomic mass is 9.97. The number of aromatic nitrogens is 1. The third kappa shape index (κ3) is 3.98. The third-order valence-electron chi connectivity index (χ3n) is 5.95. The molecule has 1 aromatic carbocycles. The van der Waals surface area contributed by atoms with Crippen molar-refractivity contribution >= 4 is 34.7 Å². The van der Waals surface area contributed by atoms with Crippen LogP contribution in [0.4, 0.5) is 4.48 Å². The van der Waals surface area contributed by atoms with Gasteiger partial charge in [0.1, 0.15) is 11.4 Å². The number of nitrogens with zero attached hydrogens (tertiary/aromatic N) is 5. The Kier molecular flexibility index (Phi) is 5.84. The summed E-state index contributed by atoms with van der Waals surface area (Å²) >= 11 is 8.08. The summed E-state index contributed by atoms with van der Waals surface area (Å²) in [4.78, 5) is 27.4. The first kappa shape index (κ1) is 21.3. The van der Waals surface area contributed by atoms with Crippen LogP contribution in [0.3, 0.4) is 0 Å². The number of aryl methyl sites for hydroxylation is 1. The Morgan fingerprint density at radius 1 is 1.31 bits per heavy atom. The van der Waals surface area contributed by atoms with Gasteiger partial charge in [-0.15, -0.1) is 11.3 Å². The molecule has 3 aliphatic heterocycles. The number of likely N-dealkylation sites (tertiary alicyclic amines) is 1. The van der Waals surface area contributed by atoms with E-state index in [0.29, 0.717) is 40.5 Å². The zero-order valence-corrected chi connectivity index (χ0v) is 19.2. The number of amides is 1. The van der Waals surface area contributed by atoms with Crippen molar-refractivity contribution in [1.29, 1.82) is 0 Å². The molecule has 1 amide bonds. The molecule has 6 nitrogen and oxygen atoms in total. The largest absolute Gasteiger partial charge is 0.334 e. The average Bonchev–Trinajstić information content (AvgIpc) is 3.34. The molecule has 165 valence electrons. The molecule has 1 saturated heterocycles. The molecule has 0 aliphatic carbocycles. The topological polar surface area (TPSA) is 54.7 Å². The molecule has 0 N–H and O–H groups in total. The normalized spacial score (nSPS) is 21.2. The number of halogens is 2. The molecule has 1 atom stereocenters. The molecule has 5 rings (SSSR count). The Bertz CT molecular complexity index is 1130. The fourth-order valence-corrected chi connectivity index (χ4v) is 5.59. The van der Waals surface area contributed by atoms with Gasteiger partial charge in [-0.3, -0.25) is 4.79 Å². The van der Waals surface area contributed by atoms with Gasteiger partial charge in [0.25, 0.3) is 16.9 Å². The van der Waals surface area contributed by atoms with Crippen molar-refractivity contribution in [3.63, 3.8) is 0 Å². The monoisotopic (exact) mass is 471 g/mol. The van der Waals surface area contributed by atoms with E-state index < -0.39 is 0 Å². The summed E-state index contributed by atoms with van der Waals surface area (Å²) in [5.74, 6) is 0.585. The molecule has 1 fully saturated rings. The highest BCUT2D eigenvalue weighted by molar-refractivity contribution is 7.15. The van der Waals surface area contributed by atoms with E-state index in [-0.39, 0.29) is 18.6 Å². The van der Waals surface area contributed by atoms with E-state index in [0.717, 1.165) is 34.7 Å². The summed E-state index contributed by atoms with van der Waals surface area (Å²) in [5.41, 5.74) is 2.21. The van der Waals surface area contributed by atoms with Crippen LogP contribution in [0.25, 0.3) is 10.4 Å². The second kappa shape index (κ2) is 8.77. The lowest BCUT2D eigenvalue weighted by Crippen LogP contribution is -2.44. The highest BCUT2D eigenvalue weighted by atomic mass is 35.5. The van der Waals surface area contributed by atoms with Gasteiger partial charge in [-0.25, -0.2) is 4.98 Å². The highest BCUT2D eigenvalue weighted by Crippen LogP contribution is 2.35. The van der Waals surface area contributed by atoms with Gasteiger partial charge in [0.05, 0.1) is 9.88 Å². The summed E-state index contributed by atoms with van der Waals surface area (Å²) in [7, 11) is 0. The Hall–Kier alpha value is -2.55. The number of aliphatic imine (C=N–C) groups is 1. The van der Waals surface area contributed by atoms with Crippen LogP contribution in [0.15, 0.2) is 58.5 Å². The van der Waals surface area contributed by atoms with Crippen LogP contribution in [0.5, 0.6) is 0 Å². The number of hydrogen-bond donors (Lipinski definition) is 0. The second-order valence-electron chi connectivity index (χ2n) is 8.12. The first-order valence-corrected chi connectivity index (χ1v) is 11.9. The van der Waals surface area contributed by atoms with Crippen molar-refractivity contribution in [2.45, 2.75) is 38.6 Å². The lowest BCUT2D eigenvalue weighted by Gasteiger charge is -2.35. The van der Waals surface area contributed by atoms with Crippen molar-refractivity contribution in [2.75, 3.05) is 13.2 Å². The van der Waals surface area contributed by atoms with Gasteiger partial charge in [-0.05, 0) is 48.3 Å². The Labute approximate surface area is 195 Å². The molecule has 4 heterocycles. The molecule has 9 heteroatoms. The van der Waals surface area contributed by atoms with Gasteiger partial charge in [-0.1, -0.05) is 34.8 Å². The Morgan fingerprint density at radius 2 is 2.12 bits per heavy atom. The van der Waals surface area contributed by atoms with Crippen LogP contribution in [0, 0.1) is 6.92 Å². The first-order valence-electron chi connectivity index (χ1n) is 10.7. The number of carbonyl (C=O) groups excluding carboxylic acids is 1. The van der Waals surface area contributed by atoms with Crippen LogP contribution in [-0.4, -0.2) is 46.0 Å². The minimum absolute atomic E-state index is 0.0174. The van der Waals surface area contributed by atoms with E-state index in [1.165, 1.54) is 6.20 Å². The van der Waals surface area contributed by atoms with E-state index in [2.05, 4.69) is 9.98 Å². The molecule has 0 saturated carbocycles. The summed E-state index contributed by atoms with van der Waals surface area (Å²) in [6.45, 7) is 2.62. The summed E-state index contributed by atoms with van der Waals surface area (Å²) in [6, 6.07) is 9.89. The summed E-state index contributed by atoms with van der Waals surface area (Å²) in [6.07, 6.45) is 6.35. The minimum atomic E-state index is -0.0483. The molecule has 1 radical (unpaired) electrons.